The number of carbonyl (C=O) groups is 3. The number of fused-ring (bicyclic) bond motifs is 1. The number of urea groups is 1. The first-order valence-corrected chi connectivity index (χ1v) is 9.75. The number of rotatable bonds is 2. The van der Waals surface area contributed by atoms with Crippen molar-refractivity contribution in [2.45, 2.75) is 63.6 Å². The summed E-state index contributed by atoms with van der Waals surface area (Å²) in [6.45, 7) is 2.67. The third-order valence-corrected chi connectivity index (χ3v) is 4.94. The number of carbonyl (C=O) groups excluding carboxylic acids is 3. The highest BCUT2D eigenvalue weighted by Gasteiger charge is 2.41. The molecule has 2 aliphatic heterocycles. The van der Waals surface area contributed by atoms with Crippen LogP contribution >= 0.6 is 0 Å². The molecular formula is C19H31N3O5. The van der Waals surface area contributed by atoms with Crippen molar-refractivity contribution in [2.75, 3.05) is 26.7 Å². The Kier molecular flexibility index (Phi) is 8.09. The van der Waals surface area contributed by atoms with Gasteiger partial charge >= 0.3 is 12.0 Å². The lowest BCUT2D eigenvalue weighted by molar-refractivity contribution is -0.148. The van der Waals surface area contributed by atoms with Crippen LogP contribution < -0.4 is 5.32 Å². The predicted molar refractivity (Wildman–Crippen MR) is 99.9 cm³/mol. The van der Waals surface area contributed by atoms with Gasteiger partial charge in [0.15, 0.2) is 0 Å². The van der Waals surface area contributed by atoms with Gasteiger partial charge in [-0.05, 0) is 39.0 Å². The first-order valence-electron chi connectivity index (χ1n) is 9.75. The smallest absolute Gasteiger partial charge is 0.328 e. The molecule has 8 nitrogen and oxygen atoms in total. The van der Waals surface area contributed by atoms with Gasteiger partial charge < -0.3 is 25.0 Å². The summed E-state index contributed by atoms with van der Waals surface area (Å²) in [6, 6.07) is -1.82. The van der Waals surface area contributed by atoms with Crippen LogP contribution in [0.5, 0.6) is 0 Å². The van der Waals surface area contributed by atoms with Gasteiger partial charge in [-0.2, -0.15) is 0 Å². The summed E-state index contributed by atoms with van der Waals surface area (Å²) in [5.74, 6) is -0.901. The highest BCUT2D eigenvalue weighted by Crippen LogP contribution is 2.21. The summed E-state index contributed by atoms with van der Waals surface area (Å²) in [7, 11) is 1.71. The molecule has 152 valence electrons. The number of aliphatic hydroxyl groups is 1. The maximum atomic E-state index is 12.8. The molecule has 2 rings (SSSR count). The second kappa shape index (κ2) is 10.3. The van der Waals surface area contributed by atoms with Crippen molar-refractivity contribution in [1.29, 1.82) is 0 Å². The Balaban J connectivity index is 2.19. The number of hydrogen-bond acceptors (Lipinski definition) is 5. The van der Waals surface area contributed by atoms with Gasteiger partial charge in [0.25, 0.3) is 0 Å². The number of aliphatic hydroxyl groups excluding tert-OH is 1. The fraction of sp³-hybridized carbons (Fsp3) is 0.737. The molecule has 3 atom stereocenters. The molecule has 0 aromatic heterocycles. The summed E-state index contributed by atoms with van der Waals surface area (Å²) >= 11 is 0. The minimum Gasteiger partial charge on any atom is -0.464 e. The number of allylic oxidation sites excluding steroid dienone is 2. The molecule has 2 heterocycles. The third-order valence-electron chi connectivity index (χ3n) is 4.94. The molecule has 0 spiro atoms. The van der Waals surface area contributed by atoms with Gasteiger partial charge in [0.1, 0.15) is 12.1 Å². The zero-order valence-electron chi connectivity index (χ0n) is 16.2. The van der Waals surface area contributed by atoms with E-state index in [-0.39, 0.29) is 25.6 Å². The van der Waals surface area contributed by atoms with Crippen molar-refractivity contribution < 1.29 is 24.2 Å². The second-order valence-corrected chi connectivity index (χ2v) is 7.12. The molecule has 8 heteroatoms. The number of hydrogen-bond donors (Lipinski definition) is 2. The summed E-state index contributed by atoms with van der Waals surface area (Å²) < 4.78 is 5.07. The van der Waals surface area contributed by atoms with Crippen LogP contribution in [0.4, 0.5) is 4.79 Å². The zero-order chi connectivity index (χ0) is 19.8. The molecule has 3 unspecified atom stereocenters. The molecule has 0 radical (unpaired) electrons. The van der Waals surface area contributed by atoms with E-state index in [0.29, 0.717) is 19.4 Å². The van der Waals surface area contributed by atoms with Crippen LogP contribution in [0.2, 0.25) is 0 Å². The van der Waals surface area contributed by atoms with Crippen molar-refractivity contribution in [3.05, 3.63) is 12.2 Å². The van der Waals surface area contributed by atoms with Crippen molar-refractivity contribution >= 4 is 17.9 Å². The second-order valence-electron chi connectivity index (χ2n) is 7.12. The summed E-state index contributed by atoms with van der Waals surface area (Å²) in [6.07, 6.45) is 7.32. The average molecular weight is 381 g/mol. The normalized spacial score (nSPS) is 28.2. The van der Waals surface area contributed by atoms with Crippen LogP contribution in [0.25, 0.3) is 0 Å². The fourth-order valence-corrected chi connectivity index (χ4v) is 3.46. The van der Waals surface area contributed by atoms with Crippen molar-refractivity contribution in [2.24, 2.45) is 0 Å². The lowest BCUT2D eigenvalue weighted by Crippen LogP contribution is -2.53. The van der Waals surface area contributed by atoms with Crippen LogP contribution in [0.3, 0.4) is 0 Å². The molecular weight excluding hydrogens is 350 g/mol. The van der Waals surface area contributed by atoms with Crippen molar-refractivity contribution in [1.82, 2.24) is 15.1 Å². The summed E-state index contributed by atoms with van der Waals surface area (Å²) in [5.41, 5.74) is 0. The SMILES string of the molecule is CCOC(=O)C1CCC=CCCCCN(C)C(=O)N2CC(O)CC2C(=O)N1. The molecule has 0 aromatic rings. The topological polar surface area (TPSA) is 99.2 Å². The minimum absolute atomic E-state index is 0.118. The van der Waals surface area contributed by atoms with Crippen LogP contribution in [-0.4, -0.2) is 77.7 Å². The highest BCUT2D eigenvalue weighted by atomic mass is 16.5. The molecule has 0 bridgehead atoms. The molecule has 0 saturated carbocycles. The van der Waals surface area contributed by atoms with Crippen LogP contribution in [-0.2, 0) is 14.3 Å². The number of nitrogens with zero attached hydrogens (tertiary/aromatic N) is 2. The van der Waals surface area contributed by atoms with E-state index in [1.165, 1.54) is 4.90 Å². The predicted octanol–water partition coefficient (Wildman–Crippen LogP) is 1.04. The zero-order valence-corrected chi connectivity index (χ0v) is 16.2. The van der Waals surface area contributed by atoms with Gasteiger partial charge in [0, 0.05) is 26.6 Å². The molecule has 0 aromatic carbocycles. The Morgan fingerprint density at radius 3 is 2.78 bits per heavy atom. The lowest BCUT2D eigenvalue weighted by atomic mass is 10.1. The van der Waals surface area contributed by atoms with E-state index in [2.05, 4.69) is 11.4 Å². The monoisotopic (exact) mass is 381 g/mol. The molecule has 1 saturated heterocycles. The Labute approximate surface area is 160 Å². The van der Waals surface area contributed by atoms with E-state index in [4.69, 9.17) is 4.74 Å². The van der Waals surface area contributed by atoms with Crippen LogP contribution in [0.1, 0.15) is 45.4 Å². The van der Waals surface area contributed by atoms with E-state index < -0.39 is 30.1 Å². The number of ether oxygens (including phenoxy) is 1. The van der Waals surface area contributed by atoms with Crippen molar-refractivity contribution in [3.8, 4) is 0 Å². The molecule has 2 aliphatic rings. The van der Waals surface area contributed by atoms with Crippen LogP contribution in [0, 0.1) is 0 Å². The standard InChI is InChI=1S/C19H31N3O5/c1-3-27-18(25)15-10-8-6-4-5-7-9-11-21(2)19(26)22-13-14(23)12-16(22)17(24)20-15/h4,6,14-16,23H,3,5,7-13H2,1-2H3,(H,20,24). The fourth-order valence-electron chi connectivity index (χ4n) is 3.46. The lowest BCUT2D eigenvalue weighted by Gasteiger charge is -2.29. The first kappa shape index (κ1) is 21.2. The van der Waals surface area contributed by atoms with E-state index in [1.807, 2.05) is 6.08 Å². The maximum Gasteiger partial charge on any atom is 0.328 e. The van der Waals surface area contributed by atoms with Gasteiger partial charge in [0.05, 0.1) is 12.7 Å². The molecule has 3 amide bonds. The van der Waals surface area contributed by atoms with Gasteiger partial charge in [0.2, 0.25) is 5.91 Å². The Morgan fingerprint density at radius 2 is 2.04 bits per heavy atom. The van der Waals surface area contributed by atoms with Crippen LogP contribution in [0.15, 0.2) is 12.2 Å². The number of amides is 3. The van der Waals surface area contributed by atoms with Gasteiger partial charge in [-0.3, -0.25) is 4.79 Å². The first-order chi connectivity index (χ1) is 12.9. The van der Waals surface area contributed by atoms with E-state index in [0.717, 1.165) is 19.3 Å². The Hall–Kier alpha value is -2.09. The average Bonchev–Trinajstić information content (AvgIpc) is 3.03. The van der Waals surface area contributed by atoms with Crippen molar-refractivity contribution in [3.63, 3.8) is 0 Å². The van der Waals surface area contributed by atoms with E-state index in [1.54, 1.807) is 18.9 Å². The van der Waals surface area contributed by atoms with E-state index >= 15 is 0 Å². The third kappa shape index (κ3) is 5.95. The minimum atomic E-state index is -0.785. The molecule has 0 aliphatic carbocycles. The van der Waals surface area contributed by atoms with Gasteiger partial charge in [-0.25, -0.2) is 9.59 Å². The van der Waals surface area contributed by atoms with Gasteiger partial charge in [-0.15, -0.1) is 0 Å². The number of nitrogens with one attached hydrogen (secondary N) is 1. The summed E-state index contributed by atoms with van der Waals surface area (Å²) in [5, 5.41) is 12.7. The molecule has 1 fully saturated rings. The molecule has 2 N–H and O–H groups in total. The van der Waals surface area contributed by atoms with Gasteiger partial charge in [-0.1, -0.05) is 12.2 Å². The maximum absolute atomic E-state index is 12.8. The Morgan fingerprint density at radius 1 is 1.30 bits per heavy atom. The molecule has 27 heavy (non-hydrogen) atoms. The Bertz CT molecular complexity index is 566. The number of esters is 1. The van der Waals surface area contributed by atoms with E-state index in [9.17, 15) is 19.5 Å². The summed E-state index contributed by atoms with van der Waals surface area (Å²) in [4.78, 5) is 40.7. The largest absolute Gasteiger partial charge is 0.464 e. The quantitative estimate of drug-likeness (QED) is 0.550. The highest BCUT2D eigenvalue weighted by molar-refractivity contribution is 5.91.